The van der Waals surface area contributed by atoms with E-state index in [-0.39, 0.29) is 17.2 Å². The summed E-state index contributed by atoms with van der Waals surface area (Å²) in [6, 6.07) is 4.02. The zero-order valence-electron chi connectivity index (χ0n) is 10.4. The molecule has 5 heteroatoms. The summed E-state index contributed by atoms with van der Waals surface area (Å²) in [5, 5.41) is 0.269. The number of halogens is 1. The fourth-order valence-corrected chi connectivity index (χ4v) is 3.19. The summed E-state index contributed by atoms with van der Waals surface area (Å²) < 4.78 is 5.22. The van der Waals surface area contributed by atoms with E-state index in [4.69, 9.17) is 16.0 Å². The summed E-state index contributed by atoms with van der Waals surface area (Å²) in [6.07, 6.45) is 2.43. The molecule has 0 saturated carbocycles. The molecule has 2 atom stereocenters. The van der Waals surface area contributed by atoms with E-state index < -0.39 is 0 Å². The molecule has 0 aromatic carbocycles. The number of nitrogens with zero attached hydrogens (tertiary/aromatic N) is 2. The van der Waals surface area contributed by atoms with Crippen LogP contribution in [0.5, 0.6) is 0 Å². The number of carbonyl (C=O) groups is 1. The SMILES string of the molecule is CC1CN2CCCC2CN1C(=O)c1ccc(Cl)o1. The van der Waals surface area contributed by atoms with Crippen LogP contribution in [0, 0.1) is 0 Å². The first-order valence-corrected chi connectivity index (χ1v) is 6.83. The van der Waals surface area contributed by atoms with Crippen molar-refractivity contribution in [2.75, 3.05) is 19.6 Å². The van der Waals surface area contributed by atoms with Gasteiger partial charge in [-0.3, -0.25) is 9.69 Å². The van der Waals surface area contributed by atoms with Crippen molar-refractivity contribution in [3.8, 4) is 0 Å². The summed E-state index contributed by atoms with van der Waals surface area (Å²) in [4.78, 5) is 16.8. The lowest BCUT2D eigenvalue weighted by Gasteiger charge is -2.41. The Hall–Kier alpha value is -1.00. The van der Waals surface area contributed by atoms with E-state index >= 15 is 0 Å². The zero-order valence-corrected chi connectivity index (χ0v) is 11.2. The normalized spacial score (nSPS) is 28.4. The molecular weight excluding hydrogens is 252 g/mol. The molecule has 3 heterocycles. The molecule has 2 unspecified atom stereocenters. The Morgan fingerprint density at radius 2 is 2.28 bits per heavy atom. The van der Waals surface area contributed by atoms with Crippen LogP contribution in [-0.2, 0) is 0 Å². The van der Waals surface area contributed by atoms with E-state index in [9.17, 15) is 4.79 Å². The lowest BCUT2D eigenvalue weighted by atomic mass is 10.1. The Morgan fingerprint density at radius 1 is 1.44 bits per heavy atom. The van der Waals surface area contributed by atoms with E-state index in [0.717, 1.165) is 13.1 Å². The summed E-state index contributed by atoms with van der Waals surface area (Å²) >= 11 is 5.72. The first kappa shape index (κ1) is 12.1. The molecule has 0 aliphatic carbocycles. The Labute approximate surface area is 111 Å². The topological polar surface area (TPSA) is 36.7 Å². The number of rotatable bonds is 1. The second kappa shape index (κ2) is 4.59. The fraction of sp³-hybridized carbons (Fsp3) is 0.615. The predicted molar refractivity (Wildman–Crippen MR) is 68.8 cm³/mol. The molecule has 0 spiro atoms. The van der Waals surface area contributed by atoms with Crippen LogP contribution in [0.3, 0.4) is 0 Å². The number of carbonyl (C=O) groups excluding carboxylic acids is 1. The summed E-state index contributed by atoms with van der Waals surface area (Å²) in [5.74, 6) is 0.305. The minimum atomic E-state index is -0.0408. The highest BCUT2D eigenvalue weighted by Crippen LogP contribution is 2.26. The van der Waals surface area contributed by atoms with Gasteiger partial charge >= 0.3 is 0 Å². The molecule has 0 N–H and O–H groups in total. The average Bonchev–Trinajstić information content (AvgIpc) is 2.95. The zero-order chi connectivity index (χ0) is 12.7. The van der Waals surface area contributed by atoms with Gasteiger partial charge in [0.05, 0.1) is 0 Å². The van der Waals surface area contributed by atoms with Crippen LogP contribution < -0.4 is 0 Å². The predicted octanol–water partition coefficient (Wildman–Crippen LogP) is 2.24. The molecule has 1 amide bonds. The first-order chi connectivity index (χ1) is 8.65. The second-order valence-electron chi connectivity index (χ2n) is 5.20. The number of hydrogen-bond donors (Lipinski definition) is 0. The van der Waals surface area contributed by atoms with E-state index in [1.165, 1.54) is 19.4 Å². The van der Waals surface area contributed by atoms with Crippen molar-refractivity contribution in [2.24, 2.45) is 0 Å². The maximum absolute atomic E-state index is 12.4. The number of hydrogen-bond acceptors (Lipinski definition) is 3. The third-order valence-corrected chi connectivity index (χ3v) is 4.19. The van der Waals surface area contributed by atoms with Crippen LogP contribution in [-0.4, -0.2) is 47.4 Å². The molecule has 1 aromatic rings. The third kappa shape index (κ3) is 2.04. The highest BCUT2D eigenvalue weighted by molar-refractivity contribution is 6.29. The van der Waals surface area contributed by atoms with Crippen molar-refractivity contribution in [3.63, 3.8) is 0 Å². The molecule has 0 radical (unpaired) electrons. The van der Waals surface area contributed by atoms with Crippen LogP contribution in [0.2, 0.25) is 5.22 Å². The lowest BCUT2D eigenvalue weighted by molar-refractivity contribution is 0.0368. The van der Waals surface area contributed by atoms with Crippen LogP contribution >= 0.6 is 11.6 Å². The van der Waals surface area contributed by atoms with Crippen molar-refractivity contribution in [3.05, 3.63) is 23.1 Å². The van der Waals surface area contributed by atoms with Gasteiger partial charge in [0.15, 0.2) is 11.0 Å². The molecule has 1 aromatic heterocycles. The molecule has 2 fully saturated rings. The standard InChI is InChI=1S/C13H17ClN2O2/c1-9-7-15-6-2-3-10(15)8-16(9)13(17)11-4-5-12(14)18-11/h4-5,9-10H,2-3,6-8H2,1H3. The quantitative estimate of drug-likeness (QED) is 0.784. The molecule has 98 valence electrons. The van der Waals surface area contributed by atoms with Crippen molar-refractivity contribution in [1.29, 1.82) is 0 Å². The van der Waals surface area contributed by atoms with Gasteiger partial charge in [-0.1, -0.05) is 0 Å². The molecular formula is C13H17ClN2O2. The fourth-order valence-electron chi connectivity index (χ4n) is 3.04. The first-order valence-electron chi connectivity index (χ1n) is 6.45. The molecule has 2 saturated heterocycles. The van der Waals surface area contributed by atoms with Gasteiger partial charge < -0.3 is 9.32 Å². The van der Waals surface area contributed by atoms with E-state index in [2.05, 4.69) is 11.8 Å². The Morgan fingerprint density at radius 3 is 3.00 bits per heavy atom. The van der Waals surface area contributed by atoms with Gasteiger partial charge in [0, 0.05) is 25.2 Å². The van der Waals surface area contributed by atoms with Gasteiger partial charge in [-0.05, 0) is 50.0 Å². The summed E-state index contributed by atoms with van der Waals surface area (Å²) in [6.45, 7) is 5.03. The van der Waals surface area contributed by atoms with E-state index in [1.54, 1.807) is 12.1 Å². The Kier molecular flexibility index (Phi) is 3.08. The smallest absolute Gasteiger partial charge is 0.289 e. The van der Waals surface area contributed by atoms with Crippen molar-refractivity contribution < 1.29 is 9.21 Å². The van der Waals surface area contributed by atoms with Crippen LogP contribution in [0.25, 0.3) is 0 Å². The van der Waals surface area contributed by atoms with Gasteiger partial charge in [0.1, 0.15) is 0 Å². The second-order valence-corrected chi connectivity index (χ2v) is 5.57. The van der Waals surface area contributed by atoms with Gasteiger partial charge in [-0.25, -0.2) is 0 Å². The molecule has 18 heavy (non-hydrogen) atoms. The maximum atomic E-state index is 12.4. The van der Waals surface area contributed by atoms with Crippen molar-refractivity contribution in [2.45, 2.75) is 31.8 Å². The molecule has 2 aliphatic heterocycles. The number of piperazine rings is 1. The average molecular weight is 269 g/mol. The Bertz CT molecular complexity index is 460. The molecule has 0 bridgehead atoms. The maximum Gasteiger partial charge on any atom is 0.289 e. The molecule has 4 nitrogen and oxygen atoms in total. The van der Waals surface area contributed by atoms with Crippen molar-refractivity contribution in [1.82, 2.24) is 9.80 Å². The molecule has 2 aliphatic rings. The van der Waals surface area contributed by atoms with Gasteiger partial charge in [-0.15, -0.1) is 0 Å². The van der Waals surface area contributed by atoms with Gasteiger partial charge in [0.2, 0.25) is 0 Å². The Balaban J connectivity index is 1.77. The summed E-state index contributed by atoms with van der Waals surface area (Å²) in [7, 11) is 0. The van der Waals surface area contributed by atoms with Crippen molar-refractivity contribution >= 4 is 17.5 Å². The number of fused-ring (bicyclic) bond motifs is 1. The van der Waals surface area contributed by atoms with E-state index in [0.29, 0.717) is 11.8 Å². The van der Waals surface area contributed by atoms with Crippen LogP contribution in [0.15, 0.2) is 16.5 Å². The monoisotopic (exact) mass is 268 g/mol. The third-order valence-electron chi connectivity index (χ3n) is 3.98. The largest absolute Gasteiger partial charge is 0.440 e. The van der Waals surface area contributed by atoms with Gasteiger partial charge in [0.25, 0.3) is 5.91 Å². The van der Waals surface area contributed by atoms with Crippen LogP contribution in [0.1, 0.15) is 30.3 Å². The highest BCUT2D eigenvalue weighted by Gasteiger charge is 2.37. The van der Waals surface area contributed by atoms with Gasteiger partial charge in [-0.2, -0.15) is 0 Å². The van der Waals surface area contributed by atoms with E-state index in [1.807, 2.05) is 4.90 Å². The summed E-state index contributed by atoms with van der Waals surface area (Å²) in [5.41, 5.74) is 0. The highest BCUT2D eigenvalue weighted by atomic mass is 35.5. The minimum absolute atomic E-state index is 0.0408. The molecule has 3 rings (SSSR count). The lowest BCUT2D eigenvalue weighted by Crippen LogP contribution is -2.56. The number of amides is 1. The number of furan rings is 1. The minimum Gasteiger partial charge on any atom is -0.440 e. The van der Waals surface area contributed by atoms with Crippen LogP contribution in [0.4, 0.5) is 0 Å².